The Hall–Kier alpha value is -1.11. The SMILES string of the molecule is CCCN(C1CC1)S(=O)(=O)c1ccccc1NN. The number of anilines is 1. The monoisotopic (exact) mass is 269 g/mol. The summed E-state index contributed by atoms with van der Waals surface area (Å²) >= 11 is 0. The Labute approximate surface area is 108 Å². The Morgan fingerprint density at radius 2 is 2.06 bits per heavy atom. The second-order valence-corrected chi connectivity index (χ2v) is 6.35. The first-order chi connectivity index (χ1) is 8.61. The topological polar surface area (TPSA) is 75.4 Å². The minimum Gasteiger partial charge on any atom is -0.323 e. The van der Waals surface area contributed by atoms with Gasteiger partial charge in [-0.2, -0.15) is 4.31 Å². The van der Waals surface area contributed by atoms with E-state index in [1.54, 1.807) is 28.6 Å². The van der Waals surface area contributed by atoms with Gasteiger partial charge in [0.25, 0.3) is 0 Å². The summed E-state index contributed by atoms with van der Waals surface area (Å²) in [5, 5.41) is 0. The molecule has 6 heteroatoms. The molecule has 100 valence electrons. The first-order valence-electron chi connectivity index (χ1n) is 6.18. The summed E-state index contributed by atoms with van der Waals surface area (Å²) in [5.41, 5.74) is 2.90. The van der Waals surface area contributed by atoms with Gasteiger partial charge in [-0.05, 0) is 31.4 Å². The van der Waals surface area contributed by atoms with Crippen molar-refractivity contribution in [1.82, 2.24) is 4.31 Å². The van der Waals surface area contributed by atoms with E-state index in [9.17, 15) is 8.42 Å². The fourth-order valence-electron chi connectivity index (χ4n) is 2.02. The normalized spacial score (nSPS) is 15.9. The molecule has 1 aromatic rings. The standard InChI is InChI=1S/C12H19N3O2S/c1-2-9-15(10-7-8-10)18(16,17)12-6-4-3-5-11(12)14-13/h3-6,10,14H,2,7-9,13H2,1H3. The quantitative estimate of drug-likeness (QED) is 0.606. The Morgan fingerprint density at radius 3 is 2.61 bits per heavy atom. The lowest BCUT2D eigenvalue weighted by atomic mass is 10.3. The fraction of sp³-hybridized carbons (Fsp3) is 0.500. The summed E-state index contributed by atoms with van der Waals surface area (Å²) in [5.74, 6) is 5.38. The Bertz CT molecular complexity index is 512. The molecule has 2 rings (SSSR count). The largest absolute Gasteiger partial charge is 0.323 e. The molecule has 1 saturated carbocycles. The molecule has 5 nitrogen and oxygen atoms in total. The van der Waals surface area contributed by atoms with Crippen molar-refractivity contribution in [3.8, 4) is 0 Å². The van der Waals surface area contributed by atoms with Crippen molar-refractivity contribution in [2.75, 3.05) is 12.0 Å². The number of hydrazine groups is 1. The molecule has 0 radical (unpaired) electrons. The minimum absolute atomic E-state index is 0.167. The predicted octanol–water partition coefficient (Wildman–Crippen LogP) is 1.54. The molecule has 1 aliphatic rings. The molecular weight excluding hydrogens is 250 g/mol. The van der Waals surface area contributed by atoms with Gasteiger partial charge in [-0.15, -0.1) is 0 Å². The highest BCUT2D eigenvalue weighted by atomic mass is 32.2. The van der Waals surface area contributed by atoms with Crippen LogP contribution in [0, 0.1) is 0 Å². The van der Waals surface area contributed by atoms with E-state index in [1.165, 1.54) is 0 Å². The summed E-state index contributed by atoms with van der Waals surface area (Å²) in [6, 6.07) is 6.90. The molecule has 0 saturated heterocycles. The lowest BCUT2D eigenvalue weighted by Crippen LogP contribution is -2.34. The van der Waals surface area contributed by atoms with Gasteiger partial charge in [-0.1, -0.05) is 19.1 Å². The van der Waals surface area contributed by atoms with Crippen LogP contribution in [0.2, 0.25) is 0 Å². The highest BCUT2D eigenvalue weighted by Crippen LogP contribution is 2.34. The van der Waals surface area contributed by atoms with Gasteiger partial charge in [0, 0.05) is 12.6 Å². The van der Waals surface area contributed by atoms with Crippen molar-refractivity contribution in [3.05, 3.63) is 24.3 Å². The maximum Gasteiger partial charge on any atom is 0.245 e. The second kappa shape index (κ2) is 5.26. The number of nitrogen functional groups attached to an aromatic ring is 1. The van der Waals surface area contributed by atoms with Crippen LogP contribution in [0.25, 0.3) is 0 Å². The van der Waals surface area contributed by atoms with Crippen molar-refractivity contribution in [3.63, 3.8) is 0 Å². The Kier molecular flexibility index (Phi) is 3.89. The van der Waals surface area contributed by atoms with Crippen LogP contribution in [0.15, 0.2) is 29.2 Å². The van der Waals surface area contributed by atoms with Crippen molar-refractivity contribution < 1.29 is 8.42 Å². The van der Waals surface area contributed by atoms with E-state index in [1.807, 2.05) is 6.92 Å². The van der Waals surface area contributed by atoms with Gasteiger partial charge in [-0.3, -0.25) is 5.84 Å². The molecule has 18 heavy (non-hydrogen) atoms. The highest BCUT2D eigenvalue weighted by molar-refractivity contribution is 7.89. The maximum absolute atomic E-state index is 12.6. The summed E-state index contributed by atoms with van der Waals surface area (Å²) in [4.78, 5) is 0.257. The number of nitrogens with one attached hydrogen (secondary N) is 1. The third-order valence-electron chi connectivity index (χ3n) is 3.03. The van der Waals surface area contributed by atoms with E-state index in [4.69, 9.17) is 5.84 Å². The molecule has 1 aromatic carbocycles. The maximum atomic E-state index is 12.6. The van der Waals surface area contributed by atoms with E-state index < -0.39 is 10.0 Å². The highest BCUT2D eigenvalue weighted by Gasteiger charge is 2.38. The molecule has 0 aliphatic heterocycles. The zero-order valence-corrected chi connectivity index (χ0v) is 11.3. The summed E-state index contributed by atoms with van der Waals surface area (Å²) in [6.45, 7) is 2.55. The second-order valence-electron chi connectivity index (χ2n) is 4.49. The van der Waals surface area contributed by atoms with E-state index in [0.717, 1.165) is 19.3 Å². The molecule has 0 aromatic heterocycles. The van der Waals surface area contributed by atoms with Gasteiger partial charge >= 0.3 is 0 Å². The molecule has 0 heterocycles. The molecule has 0 amide bonds. The van der Waals surface area contributed by atoms with Crippen molar-refractivity contribution in [2.45, 2.75) is 37.1 Å². The van der Waals surface area contributed by atoms with E-state index >= 15 is 0 Å². The number of sulfonamides is 1. The van der Waals surface area contributed by atoms with E-state index in [-0.39, 0.29) is 10.9 Å². The summed E-state index contributed by atoms with van der Waals surface area (Å²) in [6.07, 6.45) is 2.73. The van der Waals surface area contributed by atoms with Crippen molar-refractivity contribution >= 4 is 15.7 Å². The lowest BCUT2D eigenvalue weighted by molar-refractivity contribution is 0.403. The average Bonchev–Trinajstić information content (AvgIpc) is 3.19. The van der Waals surface area contributed by atoms with Crippen molar-refractivity contribution in [1.29, 1.82) is 0 Å². The summed E-state index contributed by atoms with van der Waals surface area (Å²) in [7, 11) is -3.45. The molecule has 1 aliphatic carbocycles. The molecule has 3 N–H and O–H groups in total. The number of para-hydroxylation sites is 1. The number of nitrogens with two attached hydrogens (primary N) is 1. The first-order valence-corrected chi connectivity index (χ1v) is 7.62. The molecule has 0 unspecified atom stereocenters. The van der Waals surface area contributed by atoms with E-state index in [0.29, 0.717) is 12.2 Å². The number of nitrogens with zero attached hydrogens (tertiary/aromatic N) is 1. The third kappa shape index (κ3) is 2.50. The van der Waals surface area contributed by atoms with Crippen LogP contribution in [0.5, 0.6) is 0 Å². The predicted molar refractivity (Wildman–Crippen MR) is 71.5 cm³/mol. The van der Waals surface area contributed by atoms with Gasteiger partial charge in [-0.25, -0.2) is 8.42 Å². The smallest absolute Gasteiger partial charge is 0.245 e. The van der Waals surface area contributed by atoms with Crippen molar-refractivity contribution in [2.24, 2.45) is 5.84 Å². The molecule has 1 fully saturated rings. The van der Waals surface area contributed by atoms with Gasteiger partial charge in [0.1, 0.15) is 4.90 Å². The van der Waals surface area contributed by atoms with Crippen LogP contribution in [0.1, 0.15) is 26.2 Å². The zero-order chi connectivity index (χ0) is 13.2. The molecule has 0 spiro atoms. The fourth-order valence-corrected chi connectivity index (χ4v) is 3.95. The summed E-state index contributed by atoms with van der Waals surface area (Å²) < 4.78 is 26.8. The van der Waals surface area contributed by atoms with E-state index in [2.05, 4.69) is 5.43 Å². The Morgan fingerprint density at radius 1 is 1.39 bits per heavy atom. The molecule has 0 bridgehead atoms. The van der Waals surface area contributed by atoms with Crippen LogP contribution in [-0.2, 0) is 10.0 Å². The van der Waals surface area contributed by atoms with Gasteiger partial charge < -0.3 is 5.43 Å². The number of benzene rings is 1. The number of rotatable bonds is 6. The van der Waals surface area contributed by atoms with Crippen LogP contribution in [-0.4, -0.2) is 25.3 Å². The molecular formula is C12H19N3O2S. The van der Waals surface area contributed by atoms with Gasteiger partial charge in [0.05, 0.1) is 5.69 Å². The van der Waals surface area contributed by atoms with Gasteiger partial charge in [0.15, 0.2) is 0 Å². The van der Waals surface area contributed by atoms with Crippen LogP contribution in [0.4, 0.5) is 5.69 Å². The van der Waals surface area contributed by atoms with Crippen LogP contribution < -0.4 is 11.3 Å². The lowest BCUT2D eigenvalue weighted by Gasteiger charge is -2.22. The number of hydrogen-bond acceptors (Lipinski definition) is 4. The van der Waals surface area contributed by atoms with Crippen LogP contribution >= 0.6 is 0 Å². The van der Waals surface area contributed by atoms with Gasteiger partial charge in [0.2, 0.25) is 10.0 Å². The molecule has 0 atom stereocenters. The minimum atomic E-state index is -3.45. The third-order valence-corrected chi connectivity index (χ3v) is 5.04. The Balaban J connectivity index is 2.39. The zero-order valence-electron chi connectivity index (χ0n) is 10.5. The van der Waals surface area contributed by atoms with Crippen LogP contribution in [0.3, 0.4) is 0 Å². The average molecular weight is 269 g/mol. The first kappa shape index (κ1) is 13.3. The number of hydrogen-bond donors (Lipinski definition) is 2.